The molecular formula is C9H7Cl2N3S. The van der Waals surface area contributed by atoms with Gasteiger partial charge in [0.2, 0.25) is 0 Å². The molecule has 2 rings (SSSR count). The molecule has 2 heterocycles. The second kappa shape index (κ2) is 4.43. The maximum absolute atomic E-state index is 5.90. The van der Waals surface area contributed by atoms with Gasteiger partial charge in [0.1, 0.15) is 10.7 Å². The number of alkyl halides is 1. The van der Waals surface area contributed by atoms with Crippen molar-refractivity contribution < 1.29 is 0 Å². The Balaban J connectivity index is 2.33. The van der Waals surface area contributed by atoms with Gasteiger partial charge >= 0.3 is 0 Å². The molecule has 0 aliphatic rings. The second-order valence-electron chi connectivity index (χ2n) is 2.92. The Kier molecular flexibility index (Phi) is 3.19. The van der Waals surface area contributed by atoms with E-state index in [0.717, 1.165) is 15.7 Å². The zero-order chi connectivity index (χ0) is 10.8. The zero-order valence-electron chi connectivity index (χ0n) is 7.82. The Labute approximate surface area is 101 Å². The third kappa shape index (κ3) is 2.45. The fourth-order valence-electron chi connectivity index (χ4n) is 1.00. The molecule has 1 atom stereocenters. The maximum atomic E-state index is 5.90. The molecule has 0 spiro atoms. The molecule has 0 N–H and O–H groups in total. The van der Waals surface area contributed by atoms with Crippen molar-refractivity contribution in [3.8, 4) is 10.7 Å². The van der Waals surface area contributed by atoms with Crippen LogP contribution in [0.1, 0.15) is 17.3 Å². The van der Waals surface area contributed by atoms with Crippen LogP contribution >= 0.6 is 34.5 Å². The van der Waals surface area contributed by atoms with E-state index in [4.69, 9.17) is 23.2 Å². The molecule has 0 saturated carbocycles. The topological polar surface area (TPSA) is 38.7 Å². The van der Waals surface area contributed by atoms with Crippen LogP contribution in [0.25, 0.3) is 10.7 Å². The Morgan fingerprint density at radius 3 is 2.67 bits per heavy atom. The highest BCUT2D eigenvalue weighted by Gasteiger charge is 2.11. The Bertz CT molecular complexity index is 453. The monoisotopic (exact) mass is 259 g/mol. The molecule has 0 aliphatic heterocycles. The van der Waals surface area contributed by atoms with E-state index in [1.165, 1.54) is 11.3 Å². The molecule has 0 aliphatic carbocycles. The molecule has 0 saturated heterocycles. The van der Waals surface area contributed by atoms with Crippen molar-refractivity contribution >= 4 is 34.5 Å². The van der Waals surface area contributed by atoms with E-state index in [1.807, 2.05) is 13.0 Å². The predicted molar refractivity (Wildman–Crippen MR) is 62.4 cm³/mol. The summed E-state index contributed by atoms with van der Waals surface area (Å²) in [5.41, 5.74) is 0.764. The highest BCUT2D eigenvalue weighted by atomic mass is 35.5. The first kappa shape index (κ1) is 10.8. The summed E-state index contributed by atoms with van der Waals surface area (Å²) in [6.07, 6.45) is 1.59. The zero-order valence-corrected chi connectivity index (χ0v) is 10.1. The molecule has 0 fully saturated rings. The van der Waals surface area contributed by atoms with Crippen LogP contribution in [0, 0.1) is 0 Å². The summed E-state index contributed by atoms with van der Waals surface area (Å²) in [7, 11) is 0. The summed E-state index contributed by atoms with van der Waals surface area (Å²) in [6, 6.07) is 3.58. The van der Waals surface area contributed by atoms with Crippen molar-refractivity contribution in [1.29, 1.82) is 0 Å². The Morgan fingerprint density at radius 2 is 2.13 bits per heavy atom. The van der Waals surface area contributed by atoms with Gasteiger partial charge in [-0.25, -0.2) is 0 Å². The number of nitrogens with zero attached hydrogens (tertiary/aromatic N) is 3. The molecule has 15 heavy (non-hydrogen) atoms. The van der Waals surface area contributed by atoms with Crippen molar-refractivity contribution in [3.05, 3.63) is 28.4 Å². The molecule has 0 radical (unpaired) electrons. The summed E-state index contributed by atoms with van der Waals surface area (Å²) in [5.74, 6) is 0. The van der Waals surface area contributed by atoms with Crippen LogP contribution < -0.4 is 0 Å². The van der Waals surface area contributed by atoms with Crippen molar-refractivity contribution in [2.24, 2.45) is 0 Å². The lowest BCUT2D eigenvalue weighted by Gasteiger charge is -1.94. The average Bonchev–Trinajstić information content (AvgIpc) is 2.68. The Hall–Kier alpha value is -0.710. The number of rotatable bonds is 2. The van der Waals surface area contributed by atoms with E-state index in [0.29, 0.717) is 5.02 Å². The van der Waals surface area contributed by atoms with Crippen LogP contribution in [0.5, 0.6) is 0 Å². The van der Waals surface area contributed by atoms with E-state index < -0.39 is 0 Å². The highest BCUT2D eigenvalue weighted by molar-refractivity contribution is 7.14. The molecule has 0 amide bonds. The molecule has 0 bridgehead atoms. The van der Waals surface area contributed by atoms with Gasteiger partial charge < -0.3 is 0 Å². The number of hydrogen-bond donors (Lipinski definition) is 0. The molecule has 78 valence electrons. The first-order valence-electron chi connectivity index (χ1n) is 4.26. The predicted octanol–water partition coefficient (Wildman–Crippen LogP) is 3.55. The molecule has 3 nitrogen and oxygen atoms in total. The summed E-state index contributed by atoms with van der Waals surface area (Å²) in [6.45, 7) is 1.86. The third-order valence-electron chi connectivity index (χ3n) is 1.73. The van der Waals surface area contributed by atoms with E-state index in [2.05, 4.69) is 15.2 Å². The van der Waals surface area contributed by atoms with Crippen LogP contribution in [0.15, 0.2) is 18.3 Å². The van der Waals surface area contributed by atoms with E-state index >= 15 is 0 Å². The highest BCUT2D eigenvalue weighted by Crippen LogP contribution is 2.28. The van der Waals surface area contributed by atoms with Crippen LogP contribution in [-0.4, -0.2) is 15.2 Å². The third-order valence-corrected chi connectivity index (χ3v) is 3.42. The van der Waals surface area contributed by atoms with E-state index in [9.17, 15) is 0 Å². The first-order valence-corrected chi connectivity index (χ1v) is 5.89. The summed E-state index contributed by atoms with van der Waals surface area (Å²) in [4.78, 5) is 4.15. The van der Waals surface area contributed by atoms with Crippen LogP contribution in [-0.2, 0) is 0 Å². The first-order chi connectivity index (χ1) is 7.16. The largest absolute Gasteiger partial charge is 0.252 e. The quantitative estimate of drug-likeness (QED) is 0.775. The lowest BCUT2D eigenvalue weighted by Crippen LogP contribution is -1.82. The van der Waals surface area contributed by atoms with Gasteiger partial charge in [-0.15, -0.1) is 21.8 Å². The lowest BCUT2D eigenvalue weighted by molar-refractivity contribution is 0.961. The standard InChI is InChI=1S/C9H7Cl2N3S/c1-5(10)8-13-14-9(15-8)7-3-2-6(11)4-12-7/h2-5H,1H3. The molecule has 2 aromatic rings. The number of hydrogen-bond acceptors (Lipinski definition) is 4. The molecule has 6 heteroatoms. The summed E-state index contributed by atoms with van der Waals surface area (Å²) >= 11 is 13.1. The van der Waals surface area contributed by atoms with Gasteiger partial charge in [0.05, 0.1) is 10.4 Å². The number of halogens is 2. The van der Waals surface area contributed by atoms with Crippen LogP contribution in [0.4, 0.5) is 0 Å². The van der Waals surface area contributed by atoms with Gasteiger partial charge in [0, 0.05) is 6.20 Å². The summed E-state index contributed by atoms with van der Waals surface area (Å²) < 4.78 is 0. The Morgan fingerprint density at radius 1 is 1.33 bits per heavy atom. The van der Waals surface area contributed by atoms with Crippen molar-refractivity contribution in [2.75, 3.05) is 0 Å². The van der Waals surface area contributed by atoms with E-state index in [-0.39, 0.29) is 5.38 Å². The minimum absolute atomic E-state index is 0.122. The number of aromatic nitrogens is 3. The SMILES string of the molecule is CC(Cl)c1nnc(-c2ccc(Cl)cn2)s1. The number of pyridine rings is 1. The van der Waals surface area contributed by atoms with Gasteiger partial charge in [0.25, 0.3) is 0 Å². The van der Waals surface area contributed by atoms with Crippen molar-refractivity contribution in [1.82, 2.24) is 15.2 Å². The summed E-state index contributed by atoms with van der Waals surface area (Å²) in [5, 5.41) is 10.0. The molecule has 2 aromatic heterocycles. The maximum Gasteiger partial charge on any atom is 0.166 e. The van der Waals surface area contributed by atoms with Crippen LogP contribution in [0.2, 0.25) is 5.02 Å². The minimum Gasteiger partial charge on any atom is -0.252 e. The molecule has 0 aromatic carbocycles. The lowest BCUT2D eigenvalue weighted by atomic mass is 10.4. The van der Waals surface area contributed by atoms with Crippen molar-refractivity contribution in [2.45, 2.75) is 12.3 Å². The normalized spacial score (nSPS) is 12.7. The van der Waals surface area contributed by atoms with E-state index in [1.54, 1.807) is 12.3 Å². The molecular weight excluding hydrogens is 253 g/mol. The van der Waals surface area contributed by atoms with Gasteiger partial charge in [0.15, 0.2) is 5.01 Å². The fraction of sp³-hybridized carbons (Fsp3) is 0.222. The fourth-order valence-corrected chi connectivity index (χ4v) is 2.04. The minimum atomic E-state index is -0.122. The van der Waals surface area contributed by atoms with Gasteiger partial charge in [-0.1, -0.05) is 22.9 Å². The van der Waals surface area contributed by atoms with Crippen molar-refractivity contribution in [3.63, 3.8) is 0 Å². The van der Waals surface area contributed by atoms with Gasteiger partial charge in [-0.05, 0) is 19.1 Å². The van der Waals surface area contributed by atoms with Crippen LogP contribution in [0.3, 0.4) is 0 Å². The smallest absolute Gasteiger partial charge is 0.166 e. The molecule has 1 unspecified atom stereocenters. The van der Waals surface area contributed by atoms with Gasteiger partial charge in [-0.3, -0.25) is 4.98 Å². The second-order valence-corrected chi connectivity index (χ2v) is 5.02. The average molecular weight is 260 g/mol. The van der Waals surface area contributed by atoms with Gasteiger partial charge in [-0.2, -0.15) is 0 Å².